The lowest BCUT2D eigenvalue weighted by molar-refractivity contribution is 0.279. The van der Waals surface area contributed by atoms with Crippen molar-refractivity contribution in [2.45, 2.75) is 33.6 Å². The summed E-state index contributed by atoms with van der Waals surface area (Å²) in [6.07, 6.45) is 4.44. The highest BCUT2D eigenvalue weighted by molar-refractivity contribution is 5.15. The Balaban J connectivity index is 2.52. The van der Waals surface area contributed by atoms with Crippen LogP contribution in [0.2, 0.25) is 0 Å². The Kier molecular flexibility index (Phi) is 4.14. The molecule has 0 bridgehead atoms. The highest BCUT2D eigenvalue weighted by atomic mass is 14.3. The summed E-state index contributed by atoms with van der Waals surface area (Å²) < 4.78 is 0. The van der Waals surface area contributed by atoms with Crippen LogP contribution in [-0.4, -0.2) is 0 Å². The van der Waals surface area contributed by atoms with Crippen molar-refractivity contribution in [2.75, 3.05) is 0 Å². The second-order valence-corrected chi connectivity index (χ2v) is 5.23. The molecule has 0 heteroatoms. The number of aryl methyl sites for hydroxylation is 1. The van der Waals surface area contributed by atoms with Gasteiger partial charge in [-0.25, -0.2) is 0 Å². The molecule has 1 atom stereocenters. The third-order valence-corrected chi connectivity index (χ3v) is 2.98. The van der Waals surface area contributed by atoms with Gasteiger partial charge in [-0.1, -0.05) is 57.2 Å². The molecule has 82 valence electrons. The van der Waals surface area contributed by atoms with Crippen molar-refractivity contribution in [1.29, 1.82) is 0 Å². The number of hydrogen-bond donors (Lipinski definition) is 0. The van der Waals surface area contributed by atoms with Gasteiger partial charge in [0.05, 0.1) is 0 Å². The van der Waals surface area contributed by atoms with Crippen molar-refractivity contribution in [3.63, 3.8) is 0 Å². The zero-order valence-electron chi connectivity index (χ0n) is 10.2. The molecule has 1 unspecified atom stereocenters. The minimum Gasteiger partial charge on any atom is -0.103 e. The highest BCUT2D eigenvalue weighted by Gasteiger charge is 2.20. The average Bonchev–Trinajstić information content (AvgIpc) is 2.18. The van der Waals surface area contributed by atoms with Crippen LogP contribution in [0.3, 0.4) is 0 Å². The highest BCUT2D eigenvalue weighted by Crippen LogP contribution is 2.30. The summed E-state index contributed by atoms with van der Waals surface area (Å²) in [5.74, 6) is 0.595. The Morgan fingerprint density at radius 2 is 1.80 bits per heavy atom. The van der Waals surface area contributed by atoms with Gasteiger partial charge in [0, 0.05) is 0 Å². The summed E-state index contributed by atoms with van der Waals surface area (Å²) in [5, 5.41) is 0. The minimum atomic E-state index is 0.330. The van der Waals surface area contributed by atoms with Crippen molar-refractivity contribution in [1.82, 2.24) is 0 Å². The topological polar surface area (TPSA) is 0 Å². The summed E-state index contributed by atoms with van der Waals surface area (Å²) in [7, 11) is 0. The van der Waals surface area contributed by atoms with Crippen LogP contribution in [0.25, 0.3) is 0 Å². The maximum Gasteiger partial charge on any atom is -0.0184 e. The second-order valence-electron chi connectivity index (χ2n) is 5.23. The van der Waals surface area contributed by atoms with Gasteiger partial charge in [0.2, 0.25) is 0 Å². The lowest BCUT2D eigenvalue weighted by atomic mass is 9.78. The fourth-order valence-electron chi connectivity index (χ4n) is 1.87. The molecule has 0 radical (unpaired) electrons. The molecule has 0 aliphatic carbocycles. The molecule has 0 saturated carbocycles. The first-order chi connectivity index (χ1) is 7.04. The van der Waals surface area contributed by atoms with E-state index in [0.29, 0.717) is 11.3 Å². The molecule has 0 amide bonds. The Morgan fingerprint density at radius 3 is 2.27 bits per heavy atom. The molecule has 0 saturated heterocycles. The monoisotopic (exact) mass is 202 g/mol. The van der Waals surface area contributed by atoms with Crippen LogP contribution < -0.4 is 0 Å². The van der Waals surface area contributed by atoms with Gasteiger partial charge in [-0.2, -0.15) is 0 Å². The van der Waals surface area contributed by atoms with Crippen LogP contribution in [0.4, 0.5) is 0 Å². The van der Waals surface area contributed by atoms with Crippen LogP contribution in [0.15, 0.2) is 43.0 Å². The lowest BCUT2D eigenvalue weighted by Crippen LogP contribution is -2.18. The Morgan fingerprint density at radius 1 is 1.20 bits per heavy atom. The first kappa shape index (κ1) is 12.0. The lowest BCUT2D eigenvalue weighted by Gasteiger charge is -2.27. The molecule has 0 N–H and O–H groups in total. The van der Waals surface area contributed by atoms with Crippen LogP contribution >= 0.6 is 0 Å². The van der Waals surface area contributed by atoms with E-state index < -0.39 is 0 Å². The van der Waals surface area contributed by atoms with Crippen molar-refractivity contribution >= 4 is 0 Å². The van der Waals surface area contributed by atoms with E-state index in [9.17, 15) is 0 Å². The zero-order chi connectivity index (χ0) is 11.3. The zero-order valence-corrected chi connectivity index (χ0v) is 10.2. The maximum atomic E-state index is 3.94. The van der Waals surface area contributed by atoms with E-state index >= 15 is 0 Å². The fraction of sp³-hybridized carbons (Fsp3) is 0.467. The van der Waals surface area contributed by atoms with Crippen molar-refractivity contribution in [3.8, 4) is 0 Å². The molecule has 1 aromatic rings. The normalized spacial score (nSPS) is 13.5. The van der Waals surface area contributed by atoms with E-state index in [2.05, 4.69) is 63.8 Å². The van der Waals surface area contributed by atoms with E-state index in [4.69, 9.17) is 0 Å². The molecule has 0 aliphatic heterocycles. The number of benzene rings is 1. The summed E-state index contributed by atoms with van der Waals surface area (Å²) in [5.41, 5.74) is 1.75. The Labute approximate surface area is 94.0 Å². The molecule has 0 heterocycles. The van der Waals surface area contributed by atoms with E-state index in [1.54, 1.807) is 0 Å². The van der Waals surface area contributed by atoms with Gasteiger partial charge in [0.15, 0.2) is 0 Å². The van der Waals surface area contributed by atoms with Crippen molar-refractivity contribution < 1.29 is 0 Å². The van der Waals surface area contributed by atoms with Gasteiger partial charge in [-0.15, -0.1) is 6.58 Å². The van der Waals surface area contributed by atoms with Crippen molar-refractivity contribution in [2.24, 2.45) is 11.3 Å². The average molecular weight is 202 g/mol. The molecule has 0 fully saturated rings. The molecule has 1 rings (SSSR count). The van der Waals surface area contributed by atoms with Gasteiger partial charge < -0.3 is 0 Å². The molecule has 0 spiro atoms. The third kappa shape index (κ3) is 3.91. The quantitative estimate of drug-likeness (QED) is 0.632. The van der Waals surface area contributed by atoms with Gasteiger partial charge in [0.25, 0.3) is 0 Å². The molecule has 0 aromatic heterocycles. The third-order valence-electron chi connectivity index (χ3n) is 2.98. The van der Waals surface area contributed by atoms with E-state index in [-0.39, 0.29) is 0 Å². The predicted molar refractivity (Wildman–Crippen MR) is 67.9 cm³/mol. The van der Waals surface area contributed by atoms with Crippen LogP contribution in [0, 0.1) is 11.3 Å². The predicted octanol–water partition coefficient (Wildman–Crippen LogP) is 4.47. The summed E-state index contributed by atoms with van der Waals surface area (Å²) in [6, 6.07) is 10.7. The first-order valence-corrected chi connectivity index (χ1v) is 5.70. The van der Waals surface area contributed by atoms with Gasteiger partial charge >= 0.3 is 0 Å². The van der Waals surface area contributed by atoms with Crippen LogP contribution in [0.1, 0.15) is 32.8 Å². The molecule has 1 aromatic carbocycles. The second kappa shape index (κ2) is 5.16. The molecular weight excluding hydrogens is 180 g/mol. The fourth-order valence-corrected chi connectivity index (χ4v) is 1.87. The summed E-state index contributed by atoms with van der Waals surface area (Å²) in [4.78, 5) is 0. The van der Waals surface area contributed by atoms with E-state index in [1.807, 2.05) is 0 Å². The molecule has 15 heavy (non-hydrogen) atoms. The minimum absolute atomic E-state index is 0.330. The van der Waals surface area contributed by atoms with Gasteiger partial charge in [0.1, 0.15) is 0 Å². The van der Waals surface area contributed by atoms with Crippen LogP contribution in [-0.2, 0) is 6.42 Å². The SMILES string of the molecule is C=CC(CCc1ccccc1)C(C)(C)C. The van der Waals surface area contributed by atoms with Gasteiger partial charge in [-0.05, 0) is 29.7 Å². The standard InChI is InChI=1S/C15H22/c1-5-14(15(2,3)4)12-11-13-9-7-6-8-10-13/h5-10,14H,1,11-12H2,2-4H3. The van der Waals surface area contributed by atoms with Crippen molar-refractivity contribution in [3.05, 3.63) is 48.6 Å². The Bertz CT molecular complexity index is 290. The Hall–Kier alpha value is -1.04. The van der Waals surface area contributed by atoms with Crippen LogP contribution in [0.5, 0.6) is 0 Å². The van der Waals surface area contributed by atoms with Gasteiger partial charge in [-0.3, -0.25) is 0 Å². The number of allylic oxidation sites excluding steroid dienone is 1. The largest absolute Gasteiger partial charge is 0.103 e. The first-order valence-electron chi connectivity index (χ1n) is 5.70. The summed E-state index contributed by atoms with van der Waals surface area (Å²) >= 11 is 0. The van der Waals surface area contributed by atoms with E-state index in [1.165, 1.54) is 12.0 Å². The maximum absolute atomic E-state index is 3.94. The smallest absolute Gasteiger partial charge is 0.0184 e. The van der Waals surface area contributed by atoms with E-state index in [0.717, 1.165) is 6.42 Å². The number of hydrogen-bond acceptors (Lipinski definition) is 0. The number of rotatable bonds is 4. The summed E-state index contributed by atoms with van der Waals surface area (Å²) in [6.45, 7) is 10.8. The molecular formula is C15H22. The molecule has 0 aliphatic rings. The molecule has 0 nitrogen and oxygen atoms in total.